The predicted molar refractivity (Wildman–Crippen MR) is 73.4 cm³/mol. The van der Waals surface area contributed by atoms with Crippen LogP contribution in [0.3, 0.4) is 0 Å². The number of carbonyl (C=O) groups excluding carboxylic acids is 1. The lowest BCUT2D eigenvalue weighted by molar-refractivity contribution is -0.132. The number of rotatable bonds is 7. The number of nitrogens with two attached hydrogens (primary N) is 1. The Hall–Kier alpha value is -1.97. The molecule has 0 heterocycles. The highest BCUT2D eigenvalue weighted by molar-refractivity contribution is 5.78. The van der Waals surface area contributed by atoms with Crippen LogP contribution in [-0.2, 0) is 4.79 Å². The van der Waals surface area contributed by atoms with E-state index in [1.54, 1.807) is 35.2 Å². The van der Waals surface area contributed by atoms with Crippen molar-refractivity contribution in [2.75, 3.05) is 25.4 Å². The molecule has 98 valence electrons. The van der Waals surface area contributed by atoms with Gasteiger partial charge in [0.25, 0.3) is 5.91 Å². The molecule has 0 radical (unpaired) electrons. The van der Waals surface area contributed by atoms with Crippen molar-refractivity contribution in [1.82, 2.24) is 4.90 Å². The van der Waals surface area contributed by atoms with E-state index in [0.717, 1.165) is 6.42 Å². The average Bonchev–Trinajstić information content (AvgIpc) is 2.36. The van der Waals surface area contributed by atoms with Gasteiger partial charge in [-0.2, -0.15) is 0 Å². The van der Waals surface area contributed by atoms with Crippen LogP contribution in [0.15, 0.2) is 36.9 Å². The van der Waals surface area contributed by atoms with Gasteiger partial charge in [-0.15, -0.1) is 6.58 Å². The number of amides is 1. The second kappa shape index (κ2) is 7.37. The average molecular weight is 248 g/mol. The molecule has 0 atom stereocenters. The highest BCUT2D eigenvalue weighted by Crippen LogP contribution is 2.14. The molecule has 4 heteroatoms. The van der Waals surface area contributed by atoms with E-state index in [4.69, 9.17) is 10.5 Å². The van der Waals surface area contributed by atoms with Gasteiger partial charge < -0.3 is 15.4 Å². The number of carbonyl (C=O) groups is 1. The summed E-state index contributed by atoms with van der Waals surface area (Å²) in [6.07, 6.45) is 2.63. The van der Waals surface area contributed by atoms with Gasteiger partial charge >= 0.3 is 0 Å². The molecule has 0 aliphatic rings. The Bertz CT molecular complexity index is 405. The third-order valence-corrected chi connectivity index (χ3v) is 2.42. The standard InChI is InChI=1S/C14H20N2O2/c1-3-8-16(9-4-2)14(17)11-18-13-7-5-6-12(15)10-13/h3,5-7,10H,1,4,8-9,11,15H2,2H3. The molecule has 0 bridgehead atoms. The highest BCUT2D eigenvalue weighted by atomic mass is 16.5. The van der Waals surface area contributed by atoms with Crippen molar-refractivity contribution in [3.8, 4) is 5.75 Å². The van der Waals surface area contributed by atoms with Crippen molar-refractivity contribution in [3.63, 3.8) is 0 Å². The van der Waals surface area contributed by atoms with Gasteiger partial charge in [-0.05, 0) is 18.6 Å². The summed E-state index contributed by atoms with van der Waals surface area (Å²) in [5.41, 5.74) is 6.25. The molecule has 0 fully saturated rings. The highest BCUT2D eigenvalue weighted by Gasteiger charge is 2.11. The minimum Gasteiger partial charge on any atom is -0.484 e. The molecular weight excluding hydrogens is 228 g/mol. The lowest BCUT2D eigenvalue weighted by Gasteiger charge is -2.20. The maximum absolute atomic E-state index is 11.9. The smallest absolute Gasteiger partial charge is 0.260 e. The van der Waals surface area contributed by atoms with E-state index in [2.05, 4.69) is 6.58 Å². The Kier molecular flexibility index (Phi) is 5.77. The van der Waals surface area contributed by atoms with Crippen LogP contribution in [0, 0.1) is 0 Å². The van der Waals surface area contributed by atoms with Crippen LogP contribution in [0.5, 0.6) is 5.75 Å². The first-order valence-corrected chi connectivity index (χ1v) is 6.04. The molecule has 1 aromatic rings. The first-order chi connectivity index (χ1) is 8.67. The third kappa shape index (κ3) is 4.49. The molecule has 0 aliphatic heterocycles. The SMILES string of the molecule is C=CCN(CCC)C(=O)COc1cccc(N)c1. The van der Waals surface area contributed by atoms with E-state index in [1.165, 1.54) is 0 Å². The molecule has 0 spiro atoms. The Balaban J connectivity index is 2.50. The quantitative estimate of drug-likeness (QED) is 0.593. The fraction of sp³-hybridized carbons (Fsp3) is 0.357. The second-order valence-corrected chi connectivity index (χ2v) is 3.99. The predicted octanol–water partition coefficient (Wildman–Crippen LogP) is 2.07. The first kappa shape index (κ1) is 14.1. The molecule has 1 rings (SSSR count). The van der Waals surface area contributed by atoms with Crippen LogP contribution < -0.4 is 10.5 Å². The summed E-state index contributed by atoms with van der Waals surface area (Å²) in [5, 5.41) is 0. The van der Waals surface area contributed by atoms with Crippen LogP contribution >= 0.6 is 0 Å². The third-order valence-electron chi connectivity index (χ3n) is 2.42. The van der Waals surface area contributed by atoms with Gasteiger partial charge in [0.15, 0.2) is 6.61 Å². The molecule has 0 saturated heterocycles. The van der Waals surface area contributed by atoms with Gasteiger partial charge in [0, 0.05) is 24.8 Å². The van der Waals surface area contributed by atoms with E-state index in [1.807, 2.05) is 6.92 Å². The molecule has 2 N–H and O–H groups in total. The lowest BCUT2D eigenvalue weighted by Crippen LogP contribution is -2.35. The molecule has 0 unspecified atom stereocenters. The largest absolute Gasteiger partial charge is 0.484 e. The molecule has 1 amide bonds. The number of hydrogen-bond acceptors (Lipinski definition) is 3. The topological polar surface area (TPSA) is 55.6 Å². The van der Waals surface area contributed by atoms with Crippen molar-refractivity contribution in [2.24, 2.45) is 0 Å². The number of hydrogen-bond donors (Lipinski definition) is 1. The Morgan fingerprint density at radius 2 is 2.33 bits per heavy atom. The Morgan fingerprint density at radius 1 is 1.56 bits per heavy atom. The molecule has 1 aromatic carbocycles. The van der Waals surface area contributed by atoms with E-state index in [0.29, 0.717) is 24.5 Å². The fourth-order valence-electron chi connectivity index (χ4n) is 1.58. The van der Waals surface area contributed by atoms with Crippen molar-refractivity contribution in [3.05, 3.63) is 36.9 Å². The number of ether oxygens (including phenoxy) is 1. The summed E-state index contributed by atoms with van der Waals surface area (Å²) in [6, 6.07) is 7.05. The van der Waals surface area contributed by atoms with E-state index in [9.17, 15) is 4.79 Å². The van der Waals surface area contributed by atoms with Gasteiger partial charge in [0.2, 0.25) is 0 Å². The summed E-state index contributed by atoms with van der Waals surface area (Å²) < 4.78 is 5.42. The van der Waals surface area contributed by atoms with Gasteiger partial charge in [-0.25, -0.2) is 0 Å². The maximum Gasteiger partial charge on any atom is 0.260 e. The lowest BCUT2D eigenvalue weighted by atomic mass is 10.3. The van der Waals surface area contributed by atoms with E-state index in [-0.39, 0.29) is 12.5 Å². The molecule has 4 nitrogen and oxygen atoms in total. The Labute approximate surface area is 108 Å². The summed E-state index contributed by atoms with van der Waals surface area (Å²) in [6.45, 7) is 6.96. The minimum atomic E-state index is -0.0424. The zero-order valence-corrected chi connectivity index (χ0v) is 10.8. The maximum atomic E-state index is 11.9. The normalized spacial score (nSPS) is 9.83. The molecule has 0 saturated carbocycles. The number of nitrogen functional groups attached to an aromatic ring is 1. The van der Waals surface area contributed by atoms with Crippen LogP contribution in [0.4, 0.5) is 5.69 Å². The second-order valence-electron chi connectivity index (χ2n) is 3.99. The van der Waals surface area contributed by atoms with Crippen LogP contribution in [-0.4, -0.2) is 30.5 Å². The zero-order chi connectivity index (χ0) is 13.4. The van der Waals surface area contributed by atoms with E-state index >= 15 is 0 Å². The van der Waals surface area contributed by atoms with Crippen molar-refractivity contribution in [2.45, 2.75) is 13.3 Å². The number of benzene rings is 1. The van der Waals surface area contributed by atoms with Crippen LogP contribution in [0.2, 0.25) is 0 Å². The molecule has 0 aliphatic carbocycles. The fourth-order valence-corrected chi connectivity index (χ4v) is 1.58. The van der Waals surface area contributed by atoms with Crippen molar-refractivity contribution in [1.29, 1.82) is 0 Å². The number of nitrogens with zero attached hydrogens (tertiary/aromatic N) is 1. The summed E-state index contributed by atoms with van der Waals surface area (Å²) in [5.74, 6) is 0.567. The van der Waals surface area contributed by atoms with Gasteiger partial charge in [0.05, 0.1) is 0 Å². The van der Waals surface area contributed by atoms with Gasteiger partial charge in [0.1, 0.15) is 5.75 Å². The molecular formula is C14H20N2O2. The van der Waals surface area contributed by atoms with E-state index < -0.39 is 0 Å². The van der Waals surface area contributed by atoms with Crippen LogP contribution in [0.25, 0.3) is 0 Å². The molecule has 0 aromatic heterocycles. The van der Waals surface area contributed by atoms with Gasteiger partial charge in [-0.1, -0.05) is 19.1 Å². The first-order valence-electron chi connectivity index (χ1n) is 6.04. The Morgan fingerprint density at radius 3 is 2.94 bits per heavy atom. The minimum absolute atomic E-state index is 0.0251. The summed E-state index contributed by atoms with van der Waals surface area (Å²) in [4.78, 5) is 13.6. The summed E-state index contributed by atoms with van der Waals surface area (Å²) >= 11 is 0. The zero-order valence-electron chi connectivity index (χ0n) is 10.8. The van der Waals surface area contributed by atoms with Crippen molar-refractivity contribution >= 4 is 11.6 Å². The summed E-state index contributed by atoms with van der Waals surface area (Å²) in [7, 11) is 0. The number of anilines is 1. The molecule has 18 heavy (non-hydrogen) atoms. The monoisotopic (exact) mass is 248 g/mol. The van der Waals surface area contributed by atoms with Crippen molar-refractivity contribution < 1.29 is 9.53 Å². The van der Waals surface area contributed by atoms with Crippen LogP contribution in [0.1, 0.15) is 13.3 Å². The van der Waals surface area contributed by atoms with Gasteiger partial charge in [-0.3, -0.25) is 4.79 Å².